The molecule has 1 amide bonds. The molecule has 2 aromatic rings. The Morgan fingerprint density at radius 1 is 1.11 bits per heavy atom. The molecular formula is C28H35F2N3O2. The Morgan fingerprint density at radius 2 is 1.86 bits per heavy atom. The van der Waals surface area contributed by atoms with Gasteiger partial charge in [-0.3, -0.25) is 0 Å². The van der Waals surface area contributed by atoms with E-state index in [0.29, 0.717) is 17.4 Å². The van der Waals surface area contributed by atoms with Crippen molar-refractivity contribution in [2.75, 3.05) is 12.4 Å². The highest BCUT2D eigenvalue weighted by atomic mass is 19.2. The standard InChI is InChI=1S/C28H35F2N3O2/c1-16-13-18-7-9-20(33(6)27(34)35-28(3,4)5)15-22(18)21-10-12-25(32-26(21)17(16)2)31-19-8-11-23(29)24(30)14-19/h8,10-12,14,16-17,20H,7,9,13,15H2,1-6H3,(H,31,32). The molecular weight excluding hydrogens is 448 g/mol. The number of allylic oxidation sites excluding steroid dienone is 1. The van der Waals surface area contributed by atoms with Crippen molar-refractivity contribution in [2.45, 2.75) is 77.9 Å². The molecule has 188 valence electrons. The molecule has 0 saturated carbocycles. The van der Waals surface area contributed by atoms with E-state index in [1.807, 2.05) is 33.9 Å². The third-order valence-corrected chi connectivity index (χ3v) is 7.17. The minimum absolute atomic E-state index is 0.0557. The van der Waals surface area contributed by atoms with Gasteiger partial charge in [0.15, 0.2) is 11.6 Å². The molecule has 3 unspecified atom stereocenters. The summed E-state index contributed by atoms with van der Waals surface area (Å²) in [4.78, 5) is 19.4. The number of fused-ring (bicyclic) bond motifs is 2. The average molecular weight is 484 g/mol. The van der Waals surface area contributed by atoms with Gasteiger partial charge in [0.2, 0.25) is 0 Å². The third kappa shape index (κ3) is 5.49. The molecule has 0 aliphatic heterocycles. The third-order valence-electron chi connectivity index (χ3n) is 7.17. The van der Waals surface area contributed by atoms with E-state index in [2.05, 4.69) is 25.2 Å². The van der Waals surface area contributed by atoms with Gasteiger partial charge in [-0.25, -0.2) is 18.6 Å². The van der Waals surface area contributed by atoms with Gasteiger partial charge in [-0.2, -0.15) is 0 Å². The monoisotopic (exact) mass is 483 g/mol. The lowest BCUT2D eigenvalue weighted by molar-refractivity contribution is 0.0215. The Bertz CT molecular complexity index is 1160. The van der Waals surface area contributed by atoms with Crippen LogP contribution in [0.15, 0.2) is 35.9 Å². The van der Waals surface area contributed by atoms with Gasteiger partial charge in [0.05, 0.1) is 5.69 Å². The lowest BCUT2D eigenvalue weighted by Gasteiger charge is -2.35. The van der Waals surface area contributed by atoms with Crippen molar-refractivity contribution < 1.29 is 18.3 Å². The normalized spacial score (nSPS) is 22.1. The highest BCUT2D eigenvalue weighted by Gasteiger charge is 2.34. The highest BCUT2D eigenvalue weighted by Crippen LogP contribution is 2.45. The van der Waals surface area contributed by atoms with Crippen molar-refractivity contribution in [1.29, 1.82) is 0 Å². The number of nitrogens with zero attached hydrogens (tertiary/aromatic N) is 2. The molecule has 1 aromatic heterocycles. The number of anilines is 2. The minimum Gasteiger partial charge on any atom is -0.444 e. The maximum Gasteiger partial charge on any atom is 0.410 e. The van der Waals surface area contributed by atoms with Crippen LogP contribution in [0.2, 0.25) is 0 Å². The summed E-state index contributed by atoms with van der Waals surface area (Å²) in [7, 11) is 1.82. The summed E-state index contributed by atoms with van der Waals surface area (Å²) in [5.41, 5.74) is 4.74. The van der Waals surface area contributed by atoms with E-state index in [1.54, 1.807) is 4.90 Å². The molecule has 3 atom stereocenters. The molecule has 0 bridgehead atoms. The van der Waals surface area contributed by atoms with Crippen LogP contribution in [0.3, 0.4) is 0 Å². The maximum absolute atomic E-state index is 13.7. The van der Waals surface area contributed by atoms with Gasteiger partial charge in [0.1, 0.15) is 11.4 Å². The number of hydrogen-bond acceptors (Lipinski definition) is 4. The fraction of sp³-hybridized carbons (Fsp3) is 0.500. The largest absolute Gasteiger partial charge is 0.444 e. The van der Waals surface area contributed by atoms with E-state index >= 15 is 0 Å². The van der Waals surface area contributed by atoms with Gasteiger partial charge in [-0.15, -0.1) is 0 Å². The second-order valence-electron chi connectivity index (χ2n) is 10.9. The summed E-state index contributed by atoms with van der Waals surface area (Å²) in [6.07, 6.45) is 3.31. The predicted octanol–water partition coefficient (Wildman–Crippen LogP) is 7.42. The van der Waals surface area contributed by atoms with Gasteiger partial charge in [-0.05, 0) is 87.8 Å². The molecule has 35 heavy (non-hydrogen) atoms. The minimum atomic E-state index is -0.899. The number of amides is 1. The van der Waals surface area contributed by atoms with Gasteiger partial charge in [-0.1, -0.05) is 19.4 Å². The summed E-state index contributed by atoms with van der Waals surface area (Å²) < 4.78 is 32.6. The van der Waals surface area contributed by atoms with Crippen LogP contribution in [0.5, 0.6) is 0 Å². The first-order chi connectivity index (χ1) is 16.4. The van der Waals surface area contributed by atoms with Crippen LogP contribution < -0.4 is 5.32 Å². The fourth-order valence-corrected chi connectivity index (χ4v) is 5.02. The lowest BCUT2D eigenvalue weighted by Crippen LogP contribution is -2.41. The van der Waals surface area contributed by atoms with E-state index in [4.69, 9.17) is 9.72 Å². The number of nitrogens with one attached hydrogen (secondary N) is 1. The summed E-state index contributed by atoms with van der Waals surface area (Å²) in [6, 6.07) is 7.75. The number of hydrogen-bond donors (Lipinski definition) is 1. The zero-order valence-electron chi connectivity index (χ0n) is 21.4. The Hall–Kier alpha value is -2.96. The second-order valence-corrected chi connectivity index (χ2v) is 10.9. The van der Waals surface area contributed by atoms with Gasteiger partial charge in [0.25, 0.3) is 0 Å². The van der Waals surface area contributed by atoms with Gasteiger partial charge < -0.3 is 15.0 Å². The summed E-state index contributed by atoms with van der Waals surface area (Å²) >= 11 is 0. The van der Waals surface area contributed by atoms with Crippen LogP contribution in [0.1, 0.15) is 77.5 Å². The van der Waals surface area contributed by atoms with Crippen LogP contribution in [-0.4, -0.2) is 34.7 Å². The molecule has 1 N–H and O–H groups in total. The molecule has 2 aliphatic carbocycles. The molecule has 7 heteroatoms. The van der Waals surface area contributed by atoms with Gasteiger partial charge >= 0.3 is 6.09 Å². The Labute approximate surface area is 206 Å². The predicted molar refractivity (Wildman–Crippen MR) is 135 cm³/mol. The number of benzene rings is 1. The maximum atomic E-state index is 13.7. The Morgan fingerprint density at radius 3 is 2.54 bits per heavy atom. The quantitative estimate of drug-likeness (QED) is 0.494. The van der Waals surface area contributed by atoms with Crippen LogP contribution in [0, 0.1) is 17.6 Å². The van der Waals surface area contributed by atoms with E-state index in [-0.39, 0.29) is 18.1 Å². The molecule has 5 nitrogen and oxygen atoms in total. The van der Waals surface area contributed by atoms with Crippen molar-refractivity contribution >= 4 is 23.2 Å². The summed E-state index contributed by atoms with van der Waals surface area (Å²) in [6.45, 7) is 10.1. The van der Waals surface area contributed by atoms with Crippen molar-refractivity contribution in [3.63, 3.8) is 0 Å². The number of pyridine rings is 1. The summed E-state index contributed by atoms with van der Waals surface area (Å²) in [5, 5.41) is 3.11. The molecule has 0 fully saturated rings. The number of carbonyl (C=O) groups is 1. The first-order valence-corrected chi connectivity index (χ1v) is 12.3. The number of ether oxygens (including phenoxy) is 1. The molecule has 4 rings (SSSR count). The number of halogens is 2. The number of carbonyl (C=O) groups excluding carboxylic acids is 1. The van der Waals surface area contributed by atoms with Crippen LogP contribution in [0.4, 0.5) is 25.1 Å². The molecule has 2 aliphatic rings. The average Bonchev–Trinajstić information content (AvgIpc) is 2.89. The molecule has 0 spiro atoms. The molecule has 1 heterocycles. The number of rotatable bonds is 3. The second kappa shape index (κ2) is 9.59. The lowest BCUT2D eigenvalue weighted by atomic mass is 9.82. The Balaban J connectivity index is 1.63. The molecule has 0 saturated heterocycles. The highest BCUT2D eigenvalue weighted by molar-refractivity contribution is 5.75. The van der Waals surface area contributed by atoms with Crippen molar-refractivity contribution in [2.24, 2.45) is 5.92 Å². The van der Waals surface area contributed by atoms with Crippen LogP contribution >= 0.6 is 0 Å². The van der Waals surface area contributed by atoms with Crippen LogP contribution in [0.25, 0.3) is 5.57 Å². The van der Waals surface area contributed by atoms with E-state index in [1.165, 1.54) is 17.2 Å². The summed E-state index contributed by atoms with van der Waals surface area (Å²) in [5.74, 6) is -0.549. The van der Waals surface area contributed by atoms with Crippen molar-refractivity contribution in [3.05, 3.63) is 58.8 Å². The van der Waals surface area contributed by atoms with E-state index < -0.39 is 17.2 Å². The zero-order valence-corrected chi connectivity index (χ0v) is 21.4. The van der Waals surface area contributed by atoms with Gasteiger partial charge in [0, 0.05) is 30.8 Å². The van der Waals surface area contributed by atoms with E-state index in [9.17, 15) is 13.6 Å². The fourth-order valence-electron chi connectivity index (χ4n) is 5.02. The van der Waals surface area contributed by atoms with E-state index in [0.717, 1.165) is 49.1 Å². The first-order valence-electron chi connectivity index (χ1n) is 12.3. The molecule has 1 aromatic carbocycles. The number of aromatic nitrogens is 1. The SMILES string of the molecule is CC1CC2=C(CC(N(C)C(=O)OC(C)(C)C)CC2)c2ccc(Nc3ccc(F)c(F)c3)nc2C1C. The van der Waals surface area contributed by atoms with Crippen molar-refractivity contribution in [3.8, 4) is 0 Å². The Kier molecular flexibility index (Phi) is 6.89. The molecule has 0 radical (unpaired) electrons. The zero-order chi connectivity index (χ0) is 25.5. The van der Waals surface area contributed by atoms with Crippen molar-refractivity contribution in [1.82, 2.24) is 9.88 Å². The topological polar surface area (TPSA) is 54.5 Å². The first kappa shape index (κ1) is 25.1. The smallest absolute Gasteiger partial charge is 0.410 e. The van der Waals surface area contributed by atoms with Crippen LogP contribution in [-0.2, 0) is 4.74 Å².